The second-order valence-corrected chi connectivity index (χ2v) is 6.02. The fourth-order valence-corrected chi connectivity index (χ4v) is 2.75. The Bertz CT molecular complexity index is 469. The number of hydrogen-bond acceptors (Lipinski definition) is 2. The maximum absolute atomic E-state index is 11.3. The van der Waals surface area contributed by atoms with Crippen LogP contribution in [-0.2, 0) is 9.53 Å². The summed E-state index contributed by atoms with van der Waals surface area (Å²) in [4.78, 5) is 11.3. The molecule has 0 aromatic rings. The number of esters is 1. The molecule has 1 atom stereocenters. The van der Waals surface area contributed by atoms with Gasteiger partial charge in [0.1, 0.15) is 5.76 Å². The molecule has 1 aliphatic rings. The molecule has 0 aliphatic heterocycles. The Morgan fingerprint density at radius 1 is 1.45 bits per heavy atom. The first kappa shape index (κ1) is 17.0. The molecule has 0 saturated carbocycles. The zero-order valence-corrected chi connectivity index (χ0v) is 13.9. The van der Waals surface area contributed by atoms with E-state index < -0.39 is 0 Å². The first-order valence-electron chi connectivity index (χ1n) is 7.32. The summed E-state index contributed by atoms with van der Waals surface area (Å²) in [7, 11) is 0. The molecule has 0 radical (unpaired) electrons. The van der Waals surface area contributed by atoms with Gasteiger partial charge in [0.05, 0.1) is 5.03 Å². The van der Waals surface area contributed by atoms with Gasteiger partial charge in [-0.2, -0.15) is 0 Å². The molecule has 0 amide bonds. The molecule has 20 heavy (non-hydrogen) atoms. The normalized spacial score (nSPS) is 30.3. The third kappa shape index (κ3) is 4.52. The minimum absolute atomic E-state index is 0.319. The molecule has 1 rings (SSSR count). The van der Waals surface area contributed by atoms with Gasteiger partial charge in [0.2, 0.25) is 0 Å². The van der Waals surface area contributed by atoms with E-state index in [1.54, 1.807) is 0 Å². The van der Waals surface area contributed by atoms with Crippen molar-refractivity contribution in [2.45, 2.75) is 60.3 Å². The molecule has 0 N–H and O–H groups in total. The van der Waals surface area contributed by atoms with Gasteiger partial charge in [-0.1, -0.05) is 43.5 Å². The molecule has 1 unspecified atom stereocenters. The van der Waals surface area contributed by atoms with Crippen LogP contribution in [0.4, 0.5) is 0 Å². The predicted octanol–water partition coefficient (Wildman–Crippen LogP) is 5.49. The summed E-state index contributed by atoms with van der Waals surface area (Å²) in [5, 5.41) is 0.594. The third-order valence-corrected chi connectivity index (χ3v) is 4.09. The Morgan fingerprint density at radius 3 is 2.65 bits per heavy atom. The largest absolute Gasteiger partial charge is 0.425 e. The summed E-state index contributed by atoms with van der Waals surface area (Å²) < 4.78 is 5.39. The highest BCUT2D eigenvalue weighted by Crippen LogP contribution is 2.35. The maximum atomic E-state index is 11.3. The van der Waals surface area contributed by atoms with Crippen molar-refractivity contribution < 1.29 is 9.53 Å². The molecule has 0 heterocycles. The van der Waals surface area contributed by atoms with E-state index in [1.807, 2.05) is 6.92 Å². The van der Waals surface area contributed by atoms with Crippen LogP contribution in [0.3, 0.4) is 0 Å². The lowest BCUT2D eigenvalue weighted by molar-refractivity contribution is -0.136. The summed E-state index contributed by atoms with van der Waals surface area (Å²) >= 11 is 6.53. The topological polar surface area (TPSA) is 26.3 Å². The van der Waals surface area contributed by atoms with E-state index in [9.17, 15) is 4.79 Å². The van der Waals surface area contributed by atoms with Crippen molar-refractivity contribution in [1.29, 1.82) is 0 Å². The van der Waals surface area contributed by atoms with Crippen LogP contribution >= 0.6 is 11.6 Å². The van der Waals surface area contributed by atoms with Gasteiger partial charge in [-0.25, -0.2) is 0 Å². The highest BCUT2D eigenvalue weighted by molar-refractivity contribution is 6.32. The molecule has 112 valence electrons. The monoisotopic (exact) mass is 296 g/mol. The Morgan fingerprint density at radius 2 is 2.10 bits per heavy atom. The molecule has 2 nitrogen and oxygen atoms in total. The fourth-order valence-electron chi connectivity index (χ4n) is 2.42. The summed E-state index contributed by atoms with van der Waals surface area (Å²) in [6, 6.07) is 0. The van der Waals surface area contributed by atoms with Crippen LogP contribution in [-0.4, -0.2) is 5.97 Å². The Labute approximate surface area is 127 Å². The molecular weight excluding hydrogens is 272 g/mol. The summed E-state index contributed by atoms with van der Waals surface area (Å²) in [5.74, 6) is 0.560. The van der Waals surface area contributed by atoms with E-state index in [1.165, 1.54) is 12.5 Å². The Kier molecular flexibility index (Phi) is 6.54. The lowest BCUT2D eigenvalue weighted by Gasteiger charge is -2.22. The van der Waals surface area contributed by atoms with Gasteiger partial charge in [-0.15, -0.1) is 0 Å². The van der Waals surface area contributed by atoms with Gasteiger partial charge in [-0.3, -0.25) is 4.79 Å². The van der Waals surface area contributed by atoms with Gasteiger partial charge < -0.3 is 4.74 Å². The third-order valence-electron chi connectivity index (χ3n) is 3.67. The SMILES string of the molecule is CCCCC1=C(Cl)/C(OC(C)=O)=C(/C)C(C)C/C(C)=C\1. The number of hydrogen-bond donors (Lipinski definition) is 0. The van der Waals surface area contributed by atoms with Crippen LogP contribution in [0.5, 0.6) is 0 Å². The molecular formula is C17H25ClO2. The van der Waals surface area contributed by atoms with Crippen molar-refractivity contribution in [1.82, 2.24) is 0 Å². The van der Waals surface area contributed by atoms with Crippen molar-refractivity contribution in [3.8, 4) is 0 Å². The molecule has 0 aromatic heterocycles. The average molecular weight is 297 g/mol. The molecule has 0 spiro atoms. The van der Waals surface area contributed by atoms with Crippen molar-refractivity contribution in [3.63, 3.8) is 0 Å². The first-order chi connectivity index (χ1) is 9.36. The number of ether oxygens (including phenoxy) is 1. The molecule has 0 aromatic carbocycles. The minimum Gasteiger partial charge on any atom is -0.425 e. The smallest absolute Gasteiger partial charge is 0.308 e. The van der Waals surface area contributed by atoms with E-state index >= 15 is 0 Å². The summed E-state index contributed by atoms with van der Waals surface area (Å²) in [6.45, 7) is 9.85. The lowest BCUT2D eigenvalue weighted by atomic mass is 9.89. The van der Waals surface area contributed by atoms with Crippen molar-refractivity contribution in [2.24, 2.45) is 5.92 Å². The van der Waals surface area contributed by atoms with E-state index in [4.69, 9.17) is 16.3 Å². The molecule has 3 heteroatoms. The number of carbonyl (C=O) groups excluding carboxylic acids is 1. The summed E-state index contributed by atoms with van der Waals surface area (Å²) in [6.07, 6.45) is 6.24. The van der Waals surface area contributed by atoms with E-state index in [-0.39, 0.29) is 5.97 Å². The number of allylic oxidation sites excluding steroid dienone is 5. The number of rotatable bonds is 4. The number of carbonyl (C=O) groups is 1. The first-order valence-corrected chi connectivity index (χ1v) is 7.70. The Hall–Kier alpha value is -1.02. The molecule has 0 saturated heterocycles. The van der Waals surface area contributed by atoms with Crippen LogP contribution in [0, 0.1) is 5.92 Å². The summed E-state index contributed by atoms with van der Waals surface area (Å²) in [5.41, 5.74) is 3.45. The van der Waals surface area contributed by atoms with Crippen molar-refractivity contribution >= 4 is 17.6 Å². The number of unbranched alkanes of at least 4 members (excludes halogenated alkanes) is 1. The number of halogens is 1. The average Bonchev–Trinajstić information content (AvgIpc) is 2.38. The molecule has 0 fully saturated rings. The maximum Gasteiger partial charge on any atom is 0.308 e. The second kappa shape index (κ2) is 7.68. The van der Waals surface area contributed by atoms with Crippen molar-refractivity contribution in [2.75, 3.05) is 0 Å². The molecule has 0 bridgehead atoms. The van der Waals surface area contributed by atoms with E-state index in [0.29, 0.717) is 16.7 Å². The minimum atomic E-state index is -0.319. The van der Waals surface area contributed by atoms with Crippen LogP contribution in [0.2, 0.25) is 0 Å². The zero-order chi connectivity index (χ0) is 15.3. The lowest BCUT2D eigenvalue weighted by Crippen LogP contribution is -2.10. The van der Waals surface area contributed by atoms with Crippen LogP contribution < -0.4 is 0 Å². The van der Waals surface area contributed by atoms with E-state index in [0.717, 1.165) is 36.8 Å². The van der Waals surface area contributed by atoms with Gasteiger partial charge in [0, 0.05) is 6.92 Å². The standard InChI is InChI=1S/C17H25ClO2/c1-6-7-8-15-10-11(2)9-12(3)13(4)17(16(15)18)20-14(5)19/h10,12H,6-9H2,1-5H3/b11-10-,16-15+,17-13+. The van der Waals surface area contributed by atoms with Gasteiger partial charge >= 0.3 is 5.97 Å². The van der Waals surface area contributed by atoms with Crippen LogP contribution in [0.1, 0.15) is 60.3 Å². The predicted molar refractivity (Wildman–Crippen MR) is 84.4 cm³/mol. The van der Waals surface area contributed by atoms with E-state index in [2.05, 4.69) is 26.8 Å². The van der Waals surface area contributed by atoms with Gasteiger partial charge in [0.15, 0.2) is 0 Å². The fraction of sp³-hybridized carbons (Fsp3) is 0.588. The highest BCUT2D eigenvalue weighted by Gasteiger charge is 2.21. The van der Waals surface area contributed by atoms with Crippen molar-refractivity contribution in [3.05, 3.63) is 33.6 Å². The van der Waals surface area contributed by atoms with Crippen LogP contribution in [0.15, 0.2) is 33.6 Å². The van der Waals surface area contributed by atoms with Gasteiger partial charge in [0.25, 0.3) is 0 Å². The zero-order valence-electron chi connectivity index (χ0n) is 13.2. The second-order valence-electron chi connectivity index (χ2n) is 5.64. The highest BCUT2D eigenvalue weighted by atomic mass is 35.5. The quantitative estimate of drug-likeness (QED) is 0.641. The van der Waals surface area contributed by atoms with Gasteiger partial charge in [-0.05, 0) is 50.2 Å². The Balaban J connectivity index is 3.30. The molecule has 1 aliphatic carbocycles. The van der Waals surface area contributed by atoms with Crippen LogP contribution in [0.25, 0.3) is 0 Å².